The minimum absolute atomic E-state index is 0.0574. The van der Waals surface area contributed by atoms with Crippen LogP contribution in [0.3, 0.4) is 0 Å². The third kappa shape index (κ3) is 3.79. The Morgan fingerprint density at radius 1 is 1.35 bits per heavy atom. The minimum Gasteiger partial charge on any atom is -0.393 e. The highest BCUT2D eigenvalue weighted by molar-refractivity contribution is 5.08. The van der Waals surface area contributed by atoms with Crippen molar-refractivity contribution >= 4 is 0 Å². The van der Waals surface area contributed by atoms with Crippen LogP contribution in [-0.4, -0.2) is 40.7 Å². The van der Waals surface area contributed by atoms with Gasteiger partial charge < -0.3 is 10.0 Å². The average molecular weight is 234 g/mol. The molecule has 0 aliphatic heterocycles. The van der Waals surface area contributed by atoms with Gasteiger partial charge in [-0.15, -0.1) is 0 Å². The highest BCUT2D eigenvalue weighted by atomic mass is 16.3. The molecular weight excluding hydrogens is 212 g/mol. The lowest BCUT2D eigenvalue weighted by molar-refractivity contribution is 0.0847. The molecule has 0 amide bonds. The van der Waals surface area contributed by atoms with E-state index >= 15 is 0 Å². The molecule has 94 valence electrons. The largest absolute Gasteiger partial charge is 0.393 e. The van der Waals surface area contributed by atoms with Gasteiger partial charge in [0.25, 0.3) is 0 Å². The summed E-state index contributed by atoms with van der Waals surface area (Å²) in [6, 6.07) is 4.77. The molecule has 0 spiro atoms. The first-order valence-electron chi connectivity index (χ1n) is 6.53. The Bertz CT molecular complexity index is 320. The Morgan fingerprint density at radius 3 is 2.76 bits per heavy atom. The van der Waals surface area contributed by atoms with E-state index in [4.69, 9.17) is 0 Å². The fourth-order valence-electron chi connectivity index (χ4n) is 2.53. The van der Waals surface area contributed by atoms with Gasteiger partial charge in [0.2, 0.25) is 0 Å². The first-order valence-corrected chi connectivity index (χ1v) is 6.53. The van der Waals surface area contributed by atoms with E-state index < -0.39 is 0 Å². The van der Waals surface area contributed by atoms with Crippen LogP contribution >= 0.6 is 0 Å². The van der Waals surface area contributed by atoms with E-state index in [0.717, 1.165) is 38.6 Å². The lowest BCUT2D eigenvalue weighted by atomic mass is 9.92. The first kappa shape index (κ1) is 12.5. The molecule has 1 fully saturated rings. The van der Waals surface area contributed by atoms with Crippen LogP contribution in [-0.2, 0) is 6.42 Å². The fourth-order valence-corrected chi connectivity index (χ4v) is 2.53. The Morgan fingerprint density at radius 2 is 2.12 bits per heavy atom. The molecule has 0 radical (unpaired) electrons. The van der Waals surface area contributed by atoms with E-state index in [1.54, 1.807) is 0 Å². The zero-order chi connectivity index (χ0) is 12.1. The number of aliphatic hydroxyl groups excluding tert-OH is 1. The van der Waals surface area contributed by atoms with Crippen molar-refractivity contribution in [1.29, 1.82) is 0 Å². The summed E-state index contributed by atoms with van der Waals surface area (Å²) in [5.74, 6) is 0. The molecule has 1 aliphatic carbocycles. The Kier molecular flexibility index (Phi) is 4.51. The Labute approximate surface area is 103 Å². The van der Waals surface area contributed by atoms with E-state index in [2.05, 4.69) is 23.0 Å². The Hall–Kier alpha value is -0.930. The molecule has 1 aromatic heterocycles. The van der Waals surface area contributed by atoms with Crippen molar-refractivity contribution in [3.63, 3.8) is 0 Å². The predicted molar refractivity (Wildman–Crippen MR) is 68.8 cm³/mol. The maximum absolute atomic E-state index is 9.49. The number of hydrogen-bond donors (Lipinski definition) is 1. The number of aromatic nitrogens is 1. The van der Waals surface area contributed by atoms with Crippen LogP contribution in [0.4, 0.5) is 0 Å². The molecule has 2 rings (SSSR count). The second-order valence-corrected chi connectivity index (χ2v) is 5.05. The van der Waals surface area contributed by atoms with Gasteiger partial charge in [-0.05, 0) is 50.8 Å². The summed E-state index contributed by atoms with van der Waals surface area (Å²) >= 11 is 0. The number of rotatable bonds is 4. The van der Waals surface area contributed by atoms with Crippen LogP contribution in [0, 0.1) is 0 Å². The third-order valence-corrected chi connectivity index (χ3v) is 3.77. The van der Waals surface area contributed by atoms with Crippen LogP contribution in [0.5, 0.6) is 0 Å². The maximum atomic E-state index is 9.49. The number of nitrogens with zero attached hydrogens (tertiary/aromatic N) is 2. The van der Waals surface area contributed by atoms with Crippen LogP contribution in [0.25, 0.3) is 0 Å². The molecule has 1 saturated carbocycles. The van der Waals surface area contributed by atoms with Gasteiger partial charge >= 0.3 is 0 Å². The first-order chi connectivity index (χ1) is 8.25. The smallest absolute Gasteiger partial charge is 0.0541 e. The third-order valence-electron chi connectivity index (χ3n) is 3.77. The van der Waals surface area contributed by atoms with Crippen LogP contribution in [0.2, 0.25) is 0 Å². The van der Waals surface area contributed by atoms with Crippen LogP contribution in [0.15, 0.2) is 24.5 Å². The number of pyridine rings is 1. The van der Waals surface area contributed by atoms with Crippen molar-refractivity contribution in [3.05, 3.63) is 30.1 Å². The molecule has 1 aromatic rings. The highest BCUT2D eigenvalue weighted by Gasteiger charge is 2.22. The number of likely N-dealkylation sites (N-methyl/N-ethyl adjacent to an activating group) is 1. The SMILES string of the molecule is CN(CCc1cccnc1)C1CCC(O)CC1. The molecule has 1 N–H and O–H groups in total. The molecule has 1 heterocycles. The van der Waals surface area contributed by atoms with E-state index in [-0.39, 0.29) is 6.10 Å². The molecule has 0 aromatic carbocycles. The molecule has 0 atom stereocenters. The molecule has 3 nitrogen and oxygen atoms in total. The van der Waals surface area contributed by atoms with E-state index in [1.165, 1.54) is 5.56 Å². The summed E-state index contributed by atoms with van der Waals surface area (Å²) in [4.78, 5) is 6.56. The molecule has 17 heavy (non-hydrogen) atoms. The highest BCUT2D eigenvalue weighted by Crippen LogP contribution is 2.22. The topological polar surface area (TPSA) is 36.4 Å². The molecule has 1 aliphatic rings. The summed E-state index contributed by atoms with van der Waals surface area (Å²) in [5, 5.41) is 9.49. The summed E-state index contributed by atoms with van der Waals surface area (Å²) < 4.78 is 0. The predicted octanol–water partition coefficient (Wildman–Crippen LogP) is 1.86. The van der Waals surface area contributed by atoms with Gasteiger partial charge in [-0.2, -0.15) is 0 Å². The lowest BCUT2D eigenvalue weighted by Gasteiger charge is -2.33. The molecule has 3 heteroatoms. The van der Waals surface area contributed by atoms with Crippen molar-refractivity contribution in [2.75, 3.05) is 13.6 Å². The van der Waals surface area contributed by atoms with Crippen molar-refractivity contribution in [3.8, 4) is 0 Å². The van der Waals surface area contributed by atoms with Gasteiger partial charge in [0.1, 0.15) is 0 Å². The quantitative estimate of drug-likeness (QED) is 0.864. The Balaban J connectivity index is 1.75. The van der Waals surface area contributed by atoms with Gasteiger partial charge in [0.05, 0.1) is 6.10 Å². The summed E-state index contributed by atoms with van der Waals surface area (Å²) in [7, 11) is 2.19. The van der Waals surface area contributed by atoms with Gasteiger partial charge in [-0.25, -0.2) is 0 Å². The monoisotopic (exact) mass is 234 g/mol. The van der Waals surface area contributed by atoms with Gasteiger partial charge in [0, 0.05) is 25.0 Å². The molecular formula is C14H22N2O. The summed E-state index contributed by atoms with van der Waals surface area (Å²) in [6.45, 7) is 1.08. The van der Waals surface area contributed by atoms with Gasteiger partial charge in [-0.3, -0.25) is 4.98 Å². The zero-order valence-electron chi connectivity index (χ0n) is 10.5. The lowest BCUT2D eigenvalue weighted by Crippen LogP contribution is -2.37. The van der Waals surface area contributed by atoms with Crippen molar-refractivity contribution in [1.82, 2.24) is 9.88 Å². The van der Waals surface area contributed by atoms with Crippen LogP contribution < -0.4 is 0 Å². The van der Waals surface area contributed by atoms with Crippen molar-refractivity contribution in [2.45, 2.75) is 44.2 Å². The van der Waals surface area contributed by atoms with Crippen LogP contribution in [0.1, 0.15) is 31.2 Å². The summed E-state index contributed by atoms with van der Waals surface area (Å²) in [5.41, 5.74) is 1.30. The molecule has 0 bridgehead atoms. The van der Waals surface area contributed by atoms with Gasteiger partial charge in [0.15, 0.2) is 0 Å². The second-order valence-electron chi connectivity index (χ2n) is 5.05. The average Bonchev–Trinajstić information content (AvgIpc) is 2.38. The zero-order valence-corrected chi connectivity index (χ0v) is 10.5. The normalized spacial score (nSPS) is 25.1. The van der Waals surface area contributed by atoms with E-state index in [0.29, 0.717) is 6.04 Å². The van der Waals surface area contributed by atoms with Crippen molar-refractivity contribution in [2.24, 2.45) is 0 Å². The number of aliphatic hydroxyl groups is 1. The standard InChI is InChI=1S/C14H22N2O/c1-16(13-4-6-14(17)7-5-13)10-8-12-3-2-9-15-11-12/h2-3,9,11,13-14,17H,4-8,10H2,1H3. The molecule has 0 saturated heterocycles. The second kappa shape index (κ2) is 6.12. The molecule has 0 unspecified atom stereocenters. The van der Waals surface area contributed by atoms with Gasteiger partial charge in [-0.1, -0.05) is 6.07 Å². The maximum Gasteiger partial charge on any atom is 0.0541 e. The summed E-state index contributed by atoms with van der Waals surface area (Å²) in [6.07, 6.45) is 8.94. The fraction of sp³-hybridized carbons (Fsp3) is 0.643. The van der Waals surface area contributed by atoms with E-state index in [9.17, 15) is 5.11 Å². The van der Waals surface area contributed by atoms with Crippen molar-refractivity contribution < 1.29 is 5.11 Å². The van der Waals surface area contributed by atoms with E-state index in [1.807, 2.05) is 18.5 Å². The number of hydrogen-bond acceptors (Lipinski definition) is 3. The minimum atomic E-state index is -0.0574.